The van der Waals surface area contributed by atoms with E-state index in [0.717, 1.165) is 58.3 Å². The number of nitrogens with zero attached hydrogens (tertiary/aromatic N) is 2. The van der Waals surface area contributed by atoms with Crippen molar-refractivity contribution in [3.05, 3.63) is 42.5 Å². The molecule has 2 aromatic rings. The van der Waals surface area contributed by atoms with Gasteiger partial charge in [0.2, 0.25) is 33.1 Å². The van der Waals surface area contributed by atoms with E-state index >= 15 is 0 Å². The van der Waals surface area contributed by atoms with Crippen LogP contribution in [0, 0.1) is 0 Å². The van der Waals surface area contributed by atoms with Gasteiger partial charge in [0.25, 0.3) is 0 Å². The summed E-state index contributed by atoms with van der Waals surface area (Å²) in [7, 11) is 0. The van der Waals surface area contributed by atoms with Crippen LogP contribution in [0.15, 0.2) is 42.5 Å². The van der Waals surface area contributed by atoms with Gasteiger partial charge in [-0.15, -0.1) is 11.6 Å². The van der Waals surface area contributed by atoms with Gasteiger partial charge in [0, 0.05) is 45.9 Å². The Balaban J connectivity index is 2.23. The third-order valence-electron chi connectivity index (χ3n) is 9.12. The smallest absolute Gasteiger partial charge is 0.328 e. The van der Waals surface area contributed by atoms with Gasteiger partial charge in [-0.1, -0.05) is 25.0 Å². The van der Waals surface area contributed by atoms with Crippen molar-refractivity contribution in [3.63, 3.8) is 0 Å². The fourth-order valence-electron chi connectivity index (χ4n) is 5.75. The molecular formula is C48H66ClN3O23. The first-order valence-electron chi connectivity index (χ1n) is 23.4. The lowest BCUT2D eigenvalue weighted by molar-refractivity contribution is -0.167. The zero-order valence-electron chi connectivity index (χ0n) is 42.5. The summed E-state index contributed by atoms with van der Waals surface area (Å²) in [5.74, 6) is -6.40. The summed E-state index contributed by atoms with van der Waals surface area (Å²) in [5, 5.41) is 2.67. The highest BCUT2D eigenvalue weighted by Crippen LogP contribution is 2.33. The number of ether oxygens (including phenoxy) is 14. The van der Waals surface area contributed by atoms with Crippen LogP contribution in [0.3, 0.4) is 0 Å². The fraction of sp³-hybridized carbons (Fsp3) is 0.562. The summed E-state index contributed by atoms with van der Waals surface area (Å²) in [4.78, 5) is 112. The average molecular weight is 1090 g/mol. The van der Waals surface area contributed by atoms with Gasteiger partial charge in [0.1, 0.15) is 57.5 Å². The minimum absolute atomic E-state index is 0.0222. The van der Waals surface area contributed by atoms with Crippen LogP contribution in [0.1, 0.15) is 53.4 Å². The quantitative estimate of drug-likeness (QED) is 0.0329. The second kappa shape index (κ2) is 39.5. The summed E-state index contributed by atoms with van der Waals surface area (Å²) in [5.41, 5.74) is 0.371. The number of carbonyl (C=O) groups is 9. The summed E-state index contributed by atoms with van der Waals surface area (Å²) in [6.45, 7) is 0.677. The molecule has 0 radical (unpaired) electrons. The maximum absolute atomic E-state index is 13.0. The number of amides is 1. The van der Waals surface area contributed by atoms with Crippen LogP contribution in [0.25, 0.3) is 0 Å². The first kappa shape index (κ1) is 64.1. The van der Waals surface area contributed by atoms with Crippen LogP contribution in [0.2, 0.25) is 0 Å². The Bertz CT molecular complexity index is 2030. The molecule has 1 N–H and O–H groups in total. The van der Waals surface area contributed by atoms with Crippen molar-refractivity contribution in [3.8, 4) is 11.5 Å². The number of benzene rings is 2. The second-order valence-corrected chi connectivity index (χ2v) is 15.6. The highest BCUT2D eigenvalue weighted by atomic mass is 35.5. The van der Waals surface area contributed by atoms with Crippen LogP contribution < -0.4 is 24.6 Å². The number of rotatable bonds is 41. The van der Waals surface area contributed by atoms with E-state index in [1.807, 2.05) is 0 Å². The topological polar surface area (TPSA) is 301 Å². The van der Waals surface area contributed by atoms with Crippen molar-refractivity contribution in [2.24, 2.45) is 0 Å². The summed E-state index contributed by atoms with van der Waals surface area (Å²) >= 11 is 5.68. The third-order valence-corrected chi connectivity index (χ3v) is 9.38. The van der Waals surface area contributed by atoms with Gasteiger partial charge in [-0.05, 0) is 43.2 Å². The van der Waals surface area contributed by atoms with Crippen molar-refractivity contribution in [2.75, 3.05) is 140 Å². The highest BCUT2D eigenvalue weighted by Gasteiger charge is 2.24. The Hall–Kier alpha value is -7.00. The van der Waals surface area contributed by atoms with Crippen LogP contribution in [-0.4, -0.2) is 179 Å². The molecule has 0 saturated carbocycles. The Morgan fingerprint density at radius 1 is 0.440 bits per heavy atom. The van der Waals surface area contributed by atoms with E-state index in [2.05, 4.69) is 14.8 Å². The van der Waals surface area contributed by atoms with E-state index < -0.39 is 107 Å². The van der Waals surface area contributed by atoms with E-state index in [-0.39, 0.29) is 61.6 Å². The van der Waals surface area contributed by atoms with Crippen molar-refractivity contribution in [2.45, 2.75) is 53.4 Å². The predicted octanol–water partition coefficient (Wildman–Crippen LogP) is 2.82. The Kier molecular flexibility index (Phi) is 33.7. The third kappa shape index (κ3) is 32.0. The minimum atomic E-state index is -0.976. The number of carbonyl (C=O) groups excluding carboxylic acids is 9. The largest absolute Gasteiger partial charge is 0.488 e. The van der Waals surface area contributed by atoms with Gasteiger partial charge in [-0.2, -0.15) is 0 Å². The van der Waals surface area contributed by atoms with Crippen molar-refractivity contribution in [1.29, 1.82) is 0 Å². The standard InChI is InChI=1S/C48H66ClN3O23/c1-35(53)68-31-72-45(58)26-51(27-46(59)73-32-69-36(2)54)40-11-7-8-12-42(40)66-23-24-67-43-14-13-39(50-44(57)30-65-22-21-64-20-19-63-18-17-62-16-10-6-5-9-15-49)25-41(43)52(28-47(60)74-33-70-37(3)55)29-48(61)75-34-71-38(4)56/h7-8,11-14,25H,5-6,9-10,15-24,26-34H2,1-4H3,(H,50,57). The lowest BCUT2D eigenvalue weighted by Gasteiger charge is -2.26. The number of hydrogen-bond donors (Lipinski definition) is 1. The molecule has 418 valence electrons. The summed E-state index contributed by atoms with van der Waals surface area (Å²) in [6.07, 6.45) is 4.12. The molecule has 2 aromatic carbocycles. The van der Waals surface area contributed by atoms with Gasteiger partial charge in [-0.3, -0.25) is 43.2 Å². The molecule has 0 bridgehead atoms. The normalized spacial score (nSPS) is 10.5. The molecule has 0 aliphatic heterocycles. The molecule has 0 unspecified atom stereocenters. The van der Waals surface area contributed by atoms with E-state index in [1.54, 1.807) is 12.1 Å². The van der Waals surface area contributed by atoms with Gasteiger partial charge in [-0.25, -0.2) is 0 Å². The molecule has 0 spiro atoms. The van der Waals surface area contributed by atoms with E-state index in [4.69, 9.17) is 68.4 Å². The van der Waals surface area contributed by atoms with E-state index in [0.29, 0.717) is 38.9 Å². The van der Waals surface area contributed by atoms with E-state index in [9.17, 15) is 43.2 Å². The molecule has 0 atom stereocenters. The van der Waals surface area contributed by atoms with Gasteiger partial charge in [0.15, 0.2) is 0 Å². The molecule has 0 aliphatic carbocycles. The number of para-hydroxylation sites is 2. The van der Waals surface area contributed by atoms with E-state index in [1.165, 1.54) is 35.2 Å². The lowest BCUT2D eigenvalue weighted by atomic mass is 10.2. The maximum Gasteiger partial charge on any atom is 0.328 e. The van der Waals surface area contributed by atoms with Gasteiger partial charge >= 0.3 is 47.8 Å². The zero-order chi connectivity index (χ0) is 55.1. The molecular weight excluding hydrogens is 1020 g/mol. The van der Waals surface area contributed by atoms with Crippen molar-refractivity contribution < 1.29 is 109 Å². The molecule has 0 heterocycles. The monoisotopic (exact) mass is 1090 g/mol. The summed E-state index contributed by atoms with van der Waals surface area (Å²) < 4.78 is 72.8. The summed E-state index contributed by atoms with van der Waals surface area (Å²) in [6, 6.07) is 10.5. The van der Waals surface area contributed by atoms with Gasteiger partial charge < -0.3 is 81.4 Å². The molecule has 27 heteroatoms. The number of unbranched alkanes of at least 4 members (excludes halogenated alkanes) is 3. The molecule has 26 nitrogen and oxygen atoms in total. The van der Waals surface area contributed by atoms with Crippen molar-refractivity contribution in [1.82, 2.24) is 0 Å². The number of hydrogen-bond acceptors (Lipinski definition) is 25. The SMILES string of the molecule is CC(=O)OCOC(=O)CN(CC(=O)OCOC(C)=O)c1ccccc1OCCOc1ccc(NC(=O)COCCOCCOCCOCCCCCCCl)cc1N(CC(=O)OCOC(C)=O)CC(=O)OCOC(C)=O. The van der Waals surface area contributed by atoms with Crippen LogP contribution in [-0.2, 0) is 100.0 Å². The molecule has 0 saturated heterocycles. The first-order valence-corrected chi connectivity index (χ1v) is 23.9. The number of anilines is 3. The Morgan fingerprint density at radius 3 is 1.29 bits per heavy atom. The highest BCUT2D eigenvalue weighted by molar-refractivity contribution is 6.17. The average Bonchev–Trinajstić information content (AvgIpc) is 3.34. The van der Waals surface area contributed by atoms with Crippen LogP contribution in [0.5, 0.6) is 11.5 Å². The lowest BCUT2D eigenvalue weighted by Crippen LogP contribution is -2.37. The number of nitrogens with one attached hydrogen (secondary N) is 1. The first-order chi connectivity index (χ1) is 36.1. The Labute approximate surface area is 438 Å². The molecule has 1 amide bonds. The van der Waals surface area contributed by atoms with Crippen molar-refractivity contribution >= 4 is 82.3 Å². The minimum Gasteiger partial charge on any atom is -0.488 e. The molecule has 0 aliphatic rings. The van der Waals surface area contributed by atoms with Gasteiger partial charge in [0.05, 0.1) is 51.0 Å². The van der Waals surface area contributed by atoms with Crippen LogP contribution in [0.4, 0.5) is 17.1 Å². The number of halogens is 1. The molecule has 0 fully saturated rings. The molecule has 0 aromatic heterocycles. The zero-order valence-corrected chi connectivity index (χ0v) is 43.2. The Morgan fingerprint density at radius 2 is 0.840 bits per heavy atom. The predicted molar refractivity (Wildman–Crippen MR) is 260 cm³/mol. The fourth-order valence-corrected chi connectivity index (χ4v) is 5.94. The number of alkyl halides is 1. The maximum atomic E-state index is 13.0. The van der Waals surface area contributed by atoms with Crippen LogP contribution >= 0.6 is 11.6 Å². The second-order valence-electron chi connectivity index (χ2n) is 15.2. The molecule has 75 heavy (non-hydrogen) atoms. The number of esters is 8. The molecule has 2 rings (SSSR count).